The van der Waals surface area contributed by atoms with E-state index in [0.29, 0.717) is 25.0 Å². The topological polar surface area (TPSA) is 58.9 Å². The molecule has 4 heteroatoms. The molecule has 0 aliphatic heterocycles. The van der Waals surface area contributed by atoms with Crippen molar-refractivity contribution in [2.45, 2.75) is 33.1 Å². The second kappa shape index (κ2) is 6.77. The van der Waals surface area contributed by atoms with Crippen molar-refractivity contribution in [1.29, 1.82) is 0 Å². The molecular formula is C18H23NO3. The van der Waals surface area contributed by atoms with E-state index in [2.05, 4.69) is 4.99 Å². The number of aliphatic imine (C=N–C) groups is 1. The summed E-state index contributed by atoms with van der Waals surface area (Å²) in [6, 6.07) is 7.83. The Morgan fingerprint density at radius 1 is 1.27 bits per heavy atom. The molecule has 0 aromatic heterocycles. The molecule has 2 rings (SSSR count). The van der Waals surface area contributed by atoms with Crippen molar-refractivity contribution in [3.8, 4) is 5.75 Å². The zero-order valence-corrected chi connectivity index (χ0v) is 13.4. The molecule has 0 fully saturated rings. The number of carbonyl (C=O) groups excluding carboxylic acids is 1. The van der Waals surface area contributed by atoms with Gasteiger partial charge in [0.1, 0.15) is 11.5 Å². The van der Waals surface area contributed by atoms with Crippen molar-refractivity contribution in [2.24, 2.45) is 10.4 Å². The first kappa shape index (κ1) is 16.3. The molecule has 4 nitrogen and oxygen atoms in total. The fourth-order valence-electron chi connectivity index (χ4n) is 2.59. The fraction of sp³-hybridized carbons (Fsp3) is 0.444. The highest BCUT2D eigenvalue weighted by atomic mass is 16.5. The van der Waals surface area contributed by atoms with Gasteiger partial charge in [-0.05, 0) is 29.5 Å². The lowest BCUT2D eigenvalue weighted by atomic mass is 9.77. The van der Waals surface area contributed by atoms with Crippen LogP contribution in [0.1, 0.15) is 32.3 Å². The number of nitrogens with zero attached hydrogens (tertiary/aromatic N) is 1. The van der Waals surface area contributed by atoms with E-state index in [1.165, 1.54) is 6.21 Å². The zero-order valence-electron chi connectivity index (χ0n) is 13.4. The summed E-state index contributed by atoms with van der Waals surface area (Å²) >= 11 is 0. The number of benzene rings is 1. The maximum absolute atomic E-state index is 12.0. The maximum Gasteiger partial charge on any atom is 0.168 e. The van der Waals surface area contributed by atoms with Gasteiger partial charge in [0.05, 0.1) is 12.7 Å². The number of allylic oxidation sites excluding steroid dienone is 2. The quantitative estimate of drug-likeness (QED) is 0.847. The number of Topliss-reactive ketones (excluding diaryl/α,β-unsaturated/α-hetero) is 1. The predicted octanol–water partition coefficient (Wildman–Crippen LogP) is 3.51. The maximum atomic E-state index is 12.0. The summed E-state index contributed by atoms with van der Waals surface area (Å²) < 4.78 is 5.11. The summed E-state index contributed by atoms with van der Waals surface area (Å²) in [6.07, 6.45) is 3.29. The van der Waals surface area contributed by atoms with Gasteiger partial charge in [-0.15, -0.1) is 0 Å². The first-order valence-corrected chi connectivity index (χ1v) is 7.49. The average molecular weight is 301 g/mol. The van der Waals surface area contributed by atoms with Crippen molar-refractivity contribution in [1.82, 2.24) is 0 Å². The van der Waals surface area contributed by atoms with Gasteiger partial charge in [-0.25, -0.2) is 0 Å². The average Bonchev–Trinajstić information content (AvgIpc) is 2.45. The number of methoxy groups -OCH3 is 1. The Morgan fingerprint density at radius 2 is 1.95 bits per heavy atom. The van der Waals surface area contributed by atoms with E-state index in [1.807, 2.05) is 38.1 Å². The molecule has 1 aliphatic rings. The summed E-state index contributed by atoms with van der Waals surface area (Å²) in [5.74, 6) is 0.967. The number of ether oxygens (including phenoxy) is 1. The molecule has 22 heavy (non-hydrogen) atoms. The van der Waals surface area contributed by atoms with Gasteiger partial charge >= 0.3 is 0 Å². The Labute approximate surface area is 131 Å². The summed E-state index contributed by atoms with van der Waals surface area (Å²) in [6.45, 7) is 4.55. The monoisotopic (exact) mass is 301 g/mol. The molecule has 118 valence electrons. The highest BCUT2D eigenvalue weighted by Crippen LogP contribution is 2.35. The summed E-state index contributed by atoms with van der Waals surface area (Å²) in [5.41, 5.74) is 1.36. The van der Waals surface area contributed by atoms with E-state index in [0.717, 1.165) is 17.7 Å². The summed E-state index contributed by atoms with van der Waals surface area (Å²) in [4.78, 5) is 16.3. The second-order valence-corrected chi connectivity index (χ2v) is 6.43. The molecule has 0 bridgehead atoms. The van der Waals surface area contributed by atoms with Gasteiger partial charge in [0, 0.05) is 25.6 Å². The molecule has 1 aromatic carbocycles. The molecular weight excluding hydrogens is 278 g/mol. The Morgan fingerprint density at radius 3 is 2.55 bits per heavy atom. The summed E-state index contributed by atoms with van der Waals surface area (Å²) in [7, 11) is 1.64. The molecule has 1 aromatic rings. The van der Waals surface area contributed by atoms with E-state index in [1.54, 1.807) is 7.11 Å². The molecule has 1 aliphatic carbocycles. The van der Waals surface area contributed by atoms with E-state index in [9.17, 15) is 9.90 Å². The van der Waals surface area contributed by atoms with Gasteiger partial charge in [0.25, 0.3) is 0 Å². The van der Waals surface area contributed by atoms with E-state index in [-0.39, 0.29) is 17.0 Å². The van der Waals surface area contributed by atoms with Crippen LogP contribution in [0.2, 0.25) is 0 Å². The number of ketones is 1. The highest BCUT2D eigenvalue weighted by molar-refractivity contribution is 6.14. The van der Waals surface area contributed by atoms with Crippen LogP contribution in [-0.2, 0) is 11.2 Å². The third kappa shape index (κ3) is 4.20. The number of carbonyl (C=O) groups is 1. The Bertz CT molecular complexity index is 597. The minimum atomic E-state index is -0.165. The van der Waals surface area contributed by atoms with Crippen molar-refractivity contribution >= 4 is 12.0 Å². The van der Waals surface area contributed by atoms with Crippen LogP contribution in [0.4, 0.5) is 0 Å². The first-order chi connectivity index (χ1) is 10.4. The molecule has 0 spiro atoms. The van der Waals surface area contributed by atoms with Gasteiger partial charge < -0.3 is 9.84 Å². The number of aliphatic hydroxyl groups excluding tert-OH is 1. The van der Waals surface area contributed by atoms with Crippen LogP contribution in [0.15, 0.2) is 40.6 Å². The smallest absolute Gasteiger partial charge is 0.168 e. The molecule has 0 heterocycles. The third-order valence-electron chi connectivity index (χ3n) is 3.81. The summed E-state index contributed by atoms with van der Waals surface area (Å²) in [5, 5.41) is 10.0. The number of rotatable bonds is 5. The number of aliphatic hydroxyl groups is 1. The normalized spacial score (nSPS) is 18.0. The fourth-order valence-corrected chi connectivity index (χ4v) is 2.59. The van der Waals surface area contributed by atoms with Crippen molar-refractivity contribution in [3.05, 3.63) is 41.2 Å². The number of hydrogen-bond donors (Lipinski definition) is 1. The molecule has 0 amide bonds. The van der Waals surface area contributed by atoms with Gasteiger partial charge in [0.15, 0.2) is 5.78 Å². The minimum absolute atomic E-state index is 0.0260. The third-order valence-corrected chi connectivity index (χ3v) is 3.81. The number of hydrogen-bond acceptors (Lipinski definition) is 4. The Kier molecular flexibility index (Phi) is 5.01. The Balaban J connectivity index is 1.93. The molecule has 0 unspecified atom stereocenters. The highest BCUT2D eigenvalue weighted by Gasteiger charge is 2.32. The molecule has 0 saturated heterocycles. The largest absolute Gasteiger partial charge is 0.511 e. The van der Waals surface area contributed by atoms with Crippen LogP contribution < -0.4 is 4.74 Å². The van der Waals surface area contributed by atoms with E-state index < -0.39 is 0 Å². The van der Waals surface area contributed by atoms with Crippen LogP contribution >= 0.6 is 0 Å². The van der Waals surface area contributed by atoms with Crippen molar-refractivity contribution in [2.75, 3.05) is 13.7 Å². The van der Waals surface area contributed by atoms with Gasteiger partial charge in [-0.3, -0.25) is 9.79 Å². The lowest BCUT2D eigenvalue weighted by Crippen LogP contribution is -2.26. The molecule has 1 N–H and O–H groups in total. The zero-order chi connectivity index (χ0) is 16.2. The Hall–Kier alpha value is -2.10. The minimum Gasteiger partial charge on any atom is -0.511 e. The lowest BCUT2D eigenvalue weighted by Gasteiger charge is -2.28. The van der Waals surface area contributed by atoms with Crippen LogP contribution in [0.25, 0.3) is 0 Å². The van der Waals surface area contributed by atoms with Crippen LogP contribution in [0.3, 0.4) is 0 Å². The standard InChI is InChI=1S/C18H23NO3/c1-18(2)10-16(20)15(17(21)11-18)12-19-9-8-13-4-6-14(22-3)7-5-13/h4-7,12,20H,8-11H2,1-3H3. The van der Waals surface area contributed by atoms with Gasteiger partial charge in [0.2, 0.25) is 0 Å². The molecule has 0 radical (unpaired) electrons. The van der Waals surface area contributed by atoms with Crippen LogP contribution in [0, 0.1) is 5.41 Å². The lowest BCUT2D eigenvalue weighted by molar-refractivity contribution is -0.117. The van der Waals surface area contributed by atoms with Gasteiger partial charge in [-0.2, -0.15) is 0 Å². The first-order valence-electron chi connectivity index (χ1n) is 7.49. The van der Waals surface area contributed by atoms with Crippen molar-refractivity contribution in [3.63, 3.8) is 0 Å². The SMILES string of the molecule is COc1ccc(CCN=CC2=C(O)CC(C)(C)CC2=O)cc1. The van der Waals surface area contributed by atoms with E-state index in [4.69, 9.17) is 4.74 Å². The predicted molar refractivity (Wildman–Crippen MR) is 87.7 cm³/mol. The van der Waals surface area contributed by atoms with E-state index >= 15 is 0 Å². The van der Waals surface area contributed by atoms with Crippen LogP contribution in [-0.4, -0.2) is 30.8 Å². The van der Waals surface area contributed by atoms with Crippen molar-refractivity contribution < 1.29 is 14.6 Å². The molecule has 0 atom stereocenters. The van der Waals surface area contributed by atoms with Gasteiger partial charge in [-0.1, -0.05) is 26.0 Å². The molecule has 0 saturated carbocycles. The second-order valence-electron chi connectivity index (χ2n) is 6.43. The van der Waals surface area contributed by atoms with Crippen LogP contribution in [0.5, 0.6) is 5.75 Å².